The third kappa shape index (κ3) is 9.13. The van der Waals surface area contributed by atoms with E-state index in [9.17, 15) is 4.57 Å². The monoisotopic (exact) mass is 696 g/mol. The number of unbranched alkanes of at least 4 members (excludes halogenated alkanes) is 3. The summed E-state index contributed by atoms with van der Waals surface area (Å²) >= 11 is 1.36. The van der Waals surface area contributed by atoms with E-state index >= 15 is 0 Å². The molecular weight excluding hydrogens is 653 g/mol. The number of hydrogen-bond acceptors (Lipinski definition) is 1. The molecule has 0 amide bonds. The molecule has 0 radical (unpaired) electrons. The summed E-state index contributed by atoms with van der Waals surface area (Å²) in [7, 11) is -2.78. The van der Waals surface area contributed by atoms with Gasteiger partial charge in [0.05, 0.1) is 0 Å². The third-order valence-corrected chi connectivity index (χ3v) is 30.9. The van der Waals surface area contributed by atoms with Crippen molar-refractivity contribution in [3.63, 3.8) is 0 Å². The summed E-state index contributed by atoms with van der Waals surface area (Å²) in [6.45, 7) is 7.01. The van der Waals surface area contributed by atoms with Gasteiger partial charge in [0.25, 0.3) is 0 Å². The summed E-state index contributed by atoms with van der Waals surface area (Å²) in [4.78, 5) is 0. The zero-order valence-corrected chi connectivity index (χ0v) is 27.2. The average molecular weight is 695 g/mol. The van der Waals surface area contributed by atoms with Gasteiger partial charge >= 0.3 is 106 Å². The molecule has 184 valence electrons. The fourth-order valence-electron chi connectivity index (χ4n) is 4.22. The summed E-state index contributed by atoms with van der Waals surface area (Å²) in [6.07, 6.45) is 8.73. The Hall–Kier alpha value is -0.581. The minimum Gasteiger partial charge on any atom is -0.309 e. The summed E-state index contributed by atoms with van der Waals surface area (Å²) in [5, 5.41) is 2.62. The van der Waals surface area contributed by atoms with Crippen molar-refractivity contribution >= 4 is 56.1 Å². The molecule has 3 aromatic rings. The smallest absolute Gasteiger partial charge is 0.171 e. The number of benzene rings is 3. The Bertz CT molecular complexity index is 838. The van der Waals surface area contributed by atoms with Crippen LogP contribution in [0.3, 0.4) is 0 Å². The quantitative estimate of drug-likeness (QED) is 0.105. The Morgan fingerprint density at radius 1 is 0.559 bits per heavy atom. The van der Waals surface area contributed by atoms with E-state index < -0.39 is 21.6 Å². The van der Waals surface area contributed by atoms with E-state index in [1.54, 1.807) is 13.3 Å². The standard InChI is InChI=1S/C18H15OP.3C4H9.HI.Sn/c19-20(16-10-4-1-5-11-16,17-12-6-2-7-13-17)18-14-8-3-9-15-18;3*1-3-4-2;;/h1-15H;3*1,3-4H2,2H3;1H;/q;;;;;+1/p-1. The second-order valence-corrected chi connectivity index (χ2v) is 38.0. The van der Waals surface area contributed by atoms with Gasteiger partial charge in [-0.1, -0.05) is 91.0 Å². The second-order valence-electron chi connectivity index (χ2n) is 9.08. The Labute approximate surface area is 222 Å². The van der Waals surface area contributed by atoms with E-state index in [0.29, 0.717) is 0 Å². The Morgan fingerprint density at radius 2 is 0.824 bits per heavy atom. The second kappa shape index (κ2) is 16.2. The molecule has 0 aliphatic rings. The molecule has 0 spiro atoms. The van der Waals surface area contributed by atoms with Gasteiger partial charge in [-0.05, 0) is 0 Å². The number of rotatable bonds is 12. The first-order valence-corrected chi connectivity index (χ1v) is 29.0. The van der Waals surface area contributed by atoms with Gasteiger partial charge in [-0.25, -0.2) is 0 Å². The van der Waals surface area contributed by atoms with Gasteiger partial charge in [0, 0.05) is 15.9 Å². The van der Waals surface area contributed by atoms with Crippen molar-refractivity contribution in [2.75, 3.05) is 0 Å². The van der Waals surface area contributed by atoms with Crippen LogP contribution in [0.4, 0.5) is 0 Å². The molecule has 0 atom stereocenters. The molecule has 0 aromatic heterocycles. The van der Waals surface area contributed by atoms with Gasteiger partial charge in [-0.3, -0.25) is 0 Å². The fraction of sp³-hybridized carbons (Fsp3) is 0.400. The van der Waals surface area contributed by atoms with Crippen LogP contribution >= 0.6 is 25.8 Å². The van der Waals surface area contributed by atoms with Crippen molar-refractivity contribution < 1.29 is 4.57 Å². The van der Waals surface area contributed by atoms with Crippen molar-refractivity contribution in [3.8, 4) is 0 Å². The fourth-order valence-corrected chi connectivity index (χ4v) is 25.2. The molecule has 1 nitrogen and oxygen atoms in total. The third-order valence-electron chi connectivity index (χ3n) is 6.29. The Morgan fingerprint density at radius 3 is 1.06 bits per heavy atom. The van der Waals surface area contributed by atoms with Crippen LogP contribution in [0.15, 0.2) is 91.0 Å². The van der Waals surface area contributed by atoms with Crippen LogP contribution < -0.4 is 15.9 Å². The Balaban J connectivity index is 0.000000259. The van der Waals surface area contributed by atoms with E-state index in [-0.39, 0.29) is 0 Å². The molecule has 0 fully saturated rings. The van der Waals surface area contributed by atoms with Crippen molar-refractivity contribution in [1.29, 1.82) is 0 Å². The van der Waals surface area contributed by atoms with Crippen molar-refractivity contribution in [3.05, 3.63) is 91.0 Å². The molecule has 0 N–H and O–H groups in total. The molecule has 3 rings (SSSR count). The van der Waals surface area contributed by atoms with Crippen LogP contribution in [-0.4, -0.2) is 14.4 Å². The molecule has 0 heterocycles. The molecule has 4 heteroatoms. The van der Waals surface area contributed by atoms with Crippen molar-refractivity contribution in [2.45, 2.75) is 72.6 Å². The van der Waals surface area contributed by atoms with E-state index in [2.05, 4.69) is 39.4 Å². The largest absolute Gasteiger partial charge is 0.309 e. The molecule has 0 bridgehead atoms. The van der Waals surface area contributed by atoms with Gasteiger partial charge in [-0.2, -0.15) is 0 Å². The van der Waals surface area contributed by atoms with Crippen LogP contribution in [0, 0.1) is 0 Å². The van der Waals surface area contributed by atoms with Gasteiger partial charge in [0.2, 0.25) is 0 Å². The van der Waals surface area contributed by atoms with E-state index in [0.717, 1.165) is 15.9 Å². The van der Waals surface area contributed by atoms with E-state index in [4.69, 9.17) is 0 Å². The van der Waals surface area contributed by atoms with Gasteiger partial charge in [0.1, 0.15) is 0 Å². The number of hydrogen-bond donors (Lipinski definition) is 0. The topological polar surface area (TPSA) is 17.1 Å². The van der Waals surface area contributed by atoms with Gasteiger partial charge in [-0.15, -0.1) is 0 Å². The molecule has 0 unspecified atom stereocenters. The molecule has 0 aliphatic carbocycles. The zero-order valence-electron chi connectivity index (χ0n) is 21.3. The van der Waals surface area contributed by atoms with E-state index in [1.807, 2.05) is 91.0 Å². The minimum atomic E-state index is -2.78. The maximum atomic E-state index is 13.8. The first-order chi connectivity index (χ1) is 16.5. The predicted octanol–water partition coefficient (Wildman–Crippen LogP) is 9.09. The van der Waals surface area contributed by atoms with Crippen LogP contribution in [0.5, 0.6) is 0 Å². The van der Waals surface area contributed by atoms with E-state index in [1.165, 1.54) is 38.5 Å². The molecule has 0 saturated heterocycles. The summed E-state index contributed by atoms with van der Waals surface area (Å²) in [6, 6.07) is 29.1. The molecule has 34 heavy (non-hydrogen) atoms. The van der Waals surface area contributed by atoms with Crippen LogP contribution in [-0.2, 0) is 4.57 Å². The Kier molecular flexibility index (Phi) is 14.1. The zero-order chi connectivity index (χ0) is 24.7. The first kappa shape index (κ1) is 29.6. The predicted molar refractivity (Wildman–Crippen MR) is 165 cm³/mol. The summed E-state index contributed by atoms with van der Waals surface area (Å²) in [5.41, 5.74) is 0. The van der Waals surface area contributed by atoms with Crippen molar-refractivity contribution in [2.24, 2.45) is 0 Å². The van der Waals surface area contributed by atoms with Crippen LogP contribution in [0.1, 0.15) is 59.3 Å². The van der Waals surface area contributed by atoms with Crippen LogP contribution in [0.2, 0.25) is 13.3 Å². The van der Waals surface area contributed by atoms with Crippen LogP contribution in [0.25, 0.3) is 0 Å². The maximum absolute atomic E-state index is 13.8. The average Bonchev–Trinajstić information content (AvgIpc) is 2.91. The molecular formula is C30H42IOPSn. The summed E-state index contributed by atoms with van der Waals surface area (Å²) < 4.78 is 18.8. The molecule has 0 saturated carbocycles. The van der Waals surface area contributed by atoms with Gasteiger partial charge in [0.15, 0.2) is 7.14 Å². The summed E-state index contributed by atoms with van der Waals surface area (Å²) in [5.74, 6) is 0. The number of halogens is 1. The maximum Gasteiger partial charge on any atom is 0.171 e. The van der Waals surface area contributed by atoms with Gasteiger partial charge < -0.3 is 4.57 Å². The SMILES string of the molecule is CCC[CH2][Sn]([I])([CH2]CCC)[CH2]CCC.O=P(c1ccccc1)(c1ccccc1)c1ccccc1. The van der Waals surface area contributed by atoms with Crippen molar-refractivity contribution in [1.82, 2.24) is 0 Å². The first-order valence-electron chi connectivity index (χ1n) is 13.0. The minimum absolute atomic E-state index is 0.873. The molecule has 3 aromatic carbocycles. The normalized spacial score (nSPS) is 11.5. The molecule has 0 aliphatic heterocycles.